The van der Waals surface area contributed by atoms with Crippen LogP contribution >= 0.6 is 23.1 Å². The molecule has 0 spiro atoms. The van der Waals surface area contributed by atoms with Gasteiger partial charge in [0.15, 0.2) is 5.16 Å². The maximum atomic E-state index is 12.5. The van der Waals surface area contributed by atoms with Crippen LogP contribution < -0.4 is 5.32 Å². The molecule has 1 saturated carbocycles. The van der Waals surface area contributed by atoms with E-state index in [1.54, 1.807) is 6.92 Å². The van der Waals surface area contributed by atoms with Gasteiger partial charge in [-0.05, 0) is 38.7 Å². The van der Waals surface area contributed by atoms with Crippen LogP contribution in [0.2, 0.25) is 0 Å². The SMILES string of the molecule is CCOC(=O)c1c(NC(=O)CSc2nnc(C3CC3)n2C)sc(CC)c1C. The highest BCUT2D eigenvalue weighted by molar-refractivity contribution is 7.99. The highest BCUT2D eigenvalue weighted by atomic mass is 32.2. The van der Waals surface area contributed by atoms with Crippen LogP contribution in [-0.4, -0.2) is 39.0 Å². The van der Waals surface area contributed by atoms with Crippen molar-refractivity contribution in [3.63, 3.8) is 0 Å². The van der Waals surface area contributed by atoms with Crippen molar-refractivity contribution >= 4 is 40.0 Å². The average Bonchev–Trinajstić information content (AvgIpc) is 3.33. The maximum Gasteiger partial charge on any atom is 0.341 e. The van der Waals surface area contributed by atoms with Crippen molar-refractivity contribution in [2.75, 3.05) is 17.7 Å². The quantitative estimate of drug-likeness (QED) is 0.531. The highest BCUT2D eigenvalue weighted by Crippen LogP contribution is 2.39. The van der Waals surface area contributed by atoms with Gasteiger partial charge >= 0.3 is 5.97 Å². The molecule has 1 N–H and O–H groups in total. The number of aromatic nitrogens is 3. The van der Waals surface area contributed by atoms with Crippen molar-refractivity contribution in [1.82, 2.24) is 14.8 Å². The minimum Gasteiger partial charge on any atom is -0.462 e. The summed E-state index contributed by atoms with van der Waals surface area (Å²) < 4.78 is 7.12. The first kappa shape index (κ1) is 19.9. The molecule has 1 aliphatic carbocycles. The predicted molar refractivity (Wildman–Crippen MR) is 107 cm³/mol. The zero-order valence-corrected chi connectivity index (χ0v) is 17.6. The number of carbonyl (C=O) groups is 2. The van der Waals surface area contributed by atoms with Crippen molar-refractivity contribution < 1.29 is 14.3 Å². The molecule has 1 amide bonds. The van der Waals surface area contributed by atoms with Crippen LogP contribution in [0.25, 0.3) is 0 Å². The molecule has 0 aliphatic heterocycles. The van der Waals surface area contributed by atoms with E-state index < -0.39 is 5.97 Å². The summed E-state index contributed by atoms with van der Waals surface area (Å²) in [5.41, 5.74) is 1.35. The third-order valence-electron chi connectivity index (χ3n) is 4.44. The van der Waals surface area contributed by atoms with Gasteiger partial charge in [-0.1, -0.05) is 18.7 Å². The summed E-state index contributed by atoms with van der Waals surface area (Å²) in [5, 5.41) is 12.6. The second-order valence-electron chi connectivity index (χ2n) is 6.44. The molecule has 0 atom stereocenters. The molecule has 1 aliphatic rings. The molecule has 27 heavy (non-hydrogen) atoms. The lowest BCUT2D eigenvalue weighted by molar-refractivity contribution is -0.113. The fourth-order valence-electron chi connectivity index (χ4n) is 2.88. The number of ether oxygens (including phenoxy) is 1. The van der Waals surface area contributed by atoms with Gasteiger partial charge in [-0.15, -0.1) is 21.5 Å². The number of nitrogens with zero attached hydrogens (tertiary/aromatic N) is 3. The lowest BCUT2D eigenvalue weighted by Crippen LogP contribution is -2.16. The fraction of sp³-hybridized carbons (Fsp3) is 0.556. The number of esters is 1. The summed E-state index contributed by atoms with van der Waals surface area (Å²) in [7, 11) is 1.93. The number of thiophene rings is 1. The molecule has 0 radical (unpaired) electrons. The molecule has 2 heterocycles. The summed E-state index contributed by atoms with van der Waals surface area (Å²) in [5.74, 6) is 1.14. The first-order valence-corrected chi connectivity index (χ1v) is 10.9. The number of rotatable bonds is 8. The number of thioether (sulfide) groups is 1. The van der Waals surface area contributed by atoms with Crippen molar-refractivity contribution in [3.8, 4) is 0 Å². The Morgan fingerprint density at radius 3 is 2.70 bits per heavy atom. The first-order chi connectivity index (χ1) is 13.0. The van der Waals surface area contributed by atoms with E-state index >= 15 is 0 Å². The molecular weight excluding hydrogens is 384 g/mol. The van der Waals surface area contributed by atoms with Crippen LogP contribution in [0.4, 0.5) is 5.00 Å². The smallest absolute Gasteiger partial charge is 0.341 e. The lowest BCUT2D eigenvalue weighted by Gasteiger charge is -2.07. The Balaban J connectivity index is 1.67. The minimum absolute atomic E-state index is 0.176. The largest absolute Gasteiger partial charge is 0.462 e. The molecule has 0 unspecified atom stereocenters. The summed E-state index contributed by atoms with van der Waals surface area (Å²) in [4.78, 5) is 25.8. The number of hydrogen-bond donors (Lipinski definition) is 1. The molecule has 3 rings (SSSR count). The zero-order valence-electron chi connectivity index (χ0n) is 16.0. The second-order valence-corrected chi connectivity index (χ2v) is 8.49. The first-order valence-electron chi connectivity index (χ1n) is 9.07. The second kappa shape index (κ2) is 8.43. The molecule has 0 aromatic carbocycles. The Hall–Kier alpha value is -1.87. The van der Waals surface area contributed by atoms with E-state index in [0.29, 0.717) is 23.1 Å². The van der Waals surface area contributed by atoms with Crippen LogP contribution in [0.15, 0.2) is 5.16 Å². The van der Waals surface area contributed by atoms with Gasteiger partial charge in [0.25, 0.3) is 0 Å². The molecule has 1 fully saturated rings. The number of carbonyl (C=O) groups excluding carboxylic acids is 2. The topological polar surface area (TPSA) is 86.1 Å². The van der Waals surface area contributed by atoms with Crippen LogP contribution in [0, 0.1) is 6.92 Å². The predicted octanol–water partition coefficient (Wildman–Crippen LogP) is 3.53. The summed E-state index contributed by atoms with van der Waals surface area (Å²) in [6, 6.07) is 0. The molecule has 146 valence electrons. The number of nitrogens with one attached hydrogen (secondary N) is 1. The Morgan fingerprint density at radius 1 is 1.33 bits per heavy atom. The van der Waals surface area contributed by atoms with E-state index in [1.807, 2.05) is 25.5 Å². The Morgan fingerprint density at radius 2 is 2.07 bits per heavy atom. The van der Waals surface area contributed by atoms with E-state index in [9.17, 15) is 9.59 Å². The van der Waals surface area contributed by atoms with Crippen LogP contribution in [0.3, 0.4) is 0 Å². The van der Waals surface area contributed by atoms with Gasteiger partial charge in [-0.2, -0.15) is 0 Å². The van der Waals surface area contributed by atoms with Crippen LogP contribution in [0.1, 0.15) is 59.2 Å². The number of anilines is 1. The standard InChI is InChI=1S/C18H24N4O3S2/c1-5-12-10(3)14(17(24)25-6-2)16(27-12)19-13(23)9-26-18-21-20-15(22(18)4)11-7-8-11/h11H,5-9H2,1-4H3,(H,19,23). The summed E-state index contributed by atoms with van der Waals surface area (Å²) in [6.45, 7) is 5.99. The fourth-order valence-corrected chi connectivity index (χ4v) is 4.74. The van der Waals surface area contributed by atoms with Crippen molar-refractivity contribution in [2.24, 2.45) is 7.05 Å². The van der Waals surface area contributed by atoms with Crippen molar-refractivity contribution in [3.05, 3.63) is 21.8 Å². The van der Waals surface area contributed by atoms with Gasteiger partial charge in [0.1, 0.15) is 10.8 Å². The van der Waals surface area contributed by atoms with Gasteiger partial charge in [-0.3, -0.25) is 4.79 Å². The Labute approximate surface area is 166 Å². The third kappa shape index (κ3) is 4.35. The van der Waals surface area contributed by atoms with Gasteiger partial charge in [0.05, 0.1) is 17.9 Å². The van der Waals surface area contributed by atoms with Crippen LogP contribution in [0.5, 0.6) is 0 Å². The maximum absolute atomic E-state index is 12.5. The summed E-state index contributed by atoms with van der Waals surface area (Å²) >= 11 is 2.78. The molecule has 0 saturated heterocycles. The third-order valence-corrected chi connectivity index (χ3v) is 6.81. The normalized spacial score (nSPS) is 13.6. The van der Waals surface area contributed by atoms with E-state index in [2.05, 4.69) is 15.5 Å². The van der Waals surface area contributed by atoms with Gasteiger partial charge < -0.3 is 14.6 Å². The molecule has 2 aromatic rings. The average molecular weight is 409 g/mol. The van der Waals surface area contributed by atoms with Gasteiger partial charge in [-0.25, -0.2) is 4.79 Å². The number of aryl methyl sites for hydroxylation is 1. The van der Waals surface area contributed by atoms with Crippen molar-refractivity contribution in [2.45, 2.75) is 51.1 Å². The molecular formula is C18H24N4O3S2. The Bertz CT molecular complexity index is 855. The number of amides is 1. The van der Waals surface area contributed by atoms with Gasteiger partial charge in [0.2, 0.25) is 5.91 Å². The van der Waals surface area contributed by atoms with Crippen LogP contribution in [-0.2, 0) is 23.0 Å². The van der Waals surface area contributed by atoms with E-state index in [0.717, 1.165) is 40.7 Å². The van der Waals surface area contributed by atoms with E-state index in [4.69, 9.17) is 4.74 Å². The van der Waals surface area contributed by atoms with E-state index in [1.165, 1.54) is 23.1 Å². The number of hydrogen-bond acceptors (Lipinski definition) is 7. The molecule has 0 bridgehead atoms. The molecule has 7 nitrogen and oxygen atoms in total. The summed E-state index contributed by atoms with van der Waals surface area (Å²) in [6.07, 6.45) is 3.12. The monoisotopic (exact) mass is 408 g/mol. The molecule has 2 aromatic heterocycles. The lowest BCUT2D eigenvalue weighted by atomic mass is 10.1. The molecule has 9 heteroatoms. The zero-order chi connectivity index (χ0) is 19.6. The van der Waals surface area contributed by atoms with E-state index in [-0.39, 0.29) is 11.7 Å². The minimum atomic E-state index is -0.392. The van der Waals surface area contributed by atoms with Crippen molar-refractivity contribution in [1.29, 1.82) is 0 Å². The van der Waals surface area contributed by atoms with Gasteiger partial charge in [0, 0.05) is 17.8 Å². The highest BCUT2D eigenvalue weighted by Gasteiger charge is 2.29. The Kier molecular flexibility index (Phi) is 6.21.